The van der Waals surface area contributed by atoms with E-state index in [2.05, 4.69) is 167 Å². The molecule has 0 aromatic heterocycles. The van der Waals surface area contributed by atoms with E-state index in [1.807, 2.05) is 48.5 Å². The molecule has 69 heavy (non-hydrogen) atoms. The summed E-state index contributed by atoms with van der Waals surface area (Å²) in [6.07, 6.45) is 0. The summed E-state index contributed by atoms with van der Waals surface area (Å²) in [5.74, 6) is -0.360. The number of benzene rings is 6. The number of aliphatic carboxylic acids is 1. The summed E-state index contributed by atoms with van der Waals surface area (Å²) in [5.41, 5.74) is 13.0. The van der Waals surface area contributed by atoms with Crippen molar-refractivity contribution in [3.05, 3.63) is 202 Å². The van der Waals surface area contributed by atoms with Gasteiger partial charge in [-0.25, -0.2) is 0 Å². The van der Waals surface area contributed by atoms with E-state index in [1.165, 1.54) is 50.3 Å². The van der Waals surface area contributed by atoms with Crippen molar-refractivity contribution < 1.29 is 14.7 Å². The van der Waals surface area contributed by atoms with Crippen molar-refractivity contribution in [1.82, 2.24) is 20.0 Å². The third-order valence-electron chi connectivity index (χ3n) is 14.5. The minimum Gasteiger partial charge on any atom is -0.481 e. The molecule has 360 valence electrons. The topological polar surface area (TPSA) is 82.6 Å². The van der Waals surface area contributed by atoms with Crippen molar-refractivity contribution >= 4 is 23.3 Å². The van der Waals surface area contributed by atoms with Gasteiger partial charge in [-0.3, -0.25) is 19.4 Å². The number of carbonyl (C=O) groups excluding carboxylic acids is 1. The molecule has 6 aromatic rings. The van der Waals surface area contributed by atoms with E-state index >= 15 is 0 Å². The summed E-state index contributed by atoms with van der Waals surface area (Å²) in [5, 5.41) is 12.9. The number of aryl methyl sites for hydroxylation is 4. The molecule has 4 fully saturated rings. The van der Waals surface area contributed by atoms with Gasteiger partial charge in [-0.1, -0.05) is 146 Å². The number of nitrogens with one attached hydrogen (secondary N) is 1. The molecule has 0 spiro atoms. The van der Waals surface area contributed by atoms with Crippen LogP contribution in [0.5, 0.6) is 0 Å². The predicted molar refractivity (Wildman–Crippen MR) is 282 cm³/mol. The summed E-state index contributed by atoms with van der Waals surface area (Å²) in [6.45, 7) is 21.4. The SMILES string of the molecule is Cc1ccc(C)c(N2CCN(C(=O)[C@H]3CN(Cc4ccccc4)C[C@H]3c3ccccc3)CC2)c1.Cc1ccc(C)c(N2CCNCC2)c1.O=C(O)[C@H]1CN(Cc2ccccc2)C[C@H]1c1ccccc1. The molecule has 6 aromatic carbocycles. The second-order valence-electron chi connectivity index (χ2n) is 19.6. The van der Waals surface area contributed by atoms with Crippen molar-refractivity contribution in [2.75, 3.05) is 88.3 Å². The number of hydrogen-bond donors (Lipinski definition) is 2. The number of carboxylic acids is 1. The van der Waals surface area contributed by atoms with Crippen LogP contribution in [0, 0.1) is 39.5 Å². The van der Waals surface area contributed by atoms with Crippen LogP contribution in [0.4, 0.5) is 11.4 Å². The van der Waals surface area contributed by atoms with Gasteiger partial charge in [0.15, 0.2) is 0 Å². The third-order valence-corrected chi connectivity index (χ3v) is 14.5. The van der Waals surface area contributed by atoms with E-state index in [1.54, 1.807) is 0 Å². The molecule has 1 amide bonds. The standard InChI is InChI=1S/C30H35N3O.C18H19NO2.C12H18N2/c1-23-13-14-24(2)29(19-23)32-15-17-33(18-16-32)30(34)28-22-31(20-25-9-5-3-6-10-25)21-27(28)26-11-7-4-8-12-26;20-18(21)17-13-19(11-14-7-3-1-4-8-14)12-16(17)15-9-5-2-6-10-15;1-10-3-4-11(2)12(9-10)14-7-5-13-6-8-14/h3-14,19,27-28H,15-18,20-22H2,1-2H3;1-10,16-17H,11-13H2,(H,20,21);3-4,9,13H,5-8H2,1-2H3/t27-,28-;16-,17-;/m00./s1. The van der Waals surface area contributed by atoms with Crippen molar-refractivity contribution in [3.63, 3.8) is 0 Å². The Kier molecular flexibility index (Phi) is 17.0. The number of anilines is 2. The molecule has 0 unspecified atom stereocenters. The monoisotopic (exact) mass is 925 g/mol. The second-order valence-corrected chi connectivity index (χ2v) is 19.6. The number of hydrogen-bond acceptors (Lipinski definition) is 7. The first kappa shape index (κ1) is 49.2. The molecule has 4 aliphatic heterocycles. The number of piperazine rings is 2. The van der Waals surface area contributed by atoms with Gasteiger partial charge in [0.2, 0.25) is 5.91 Å². The highest BCUT2D eigenvalue weighted by Gasteiger charge is 2.41. The van der Waals surface area contributed by atoms with Gasteiger partial charge in [0.25, 0.3) is 0 Å². The van der Waals surface area contributed by atoms with Gasteiger partial charge in [0, 0.05) is 115 Å². The molecule has 4 atom stereocenters. The molecule has 2 N–H and O–H groups in total. The van der Waals surface area contributed by atoms with Gasteiger partial charge >= 0.3 is 5.97 Å². The second kappa shape index (κ2) is 23.8. The molecule has 0 radical (unpaired) electrons. The fourth-order valence-electron chi connectivity index (χ4n) is 10.7. The highest BCUT2D eigenvalue weighted by Crippen LogP contribution is 2.36. The van der Waals surface area contributed by atoms with Crippen LogP contribution in [0.3, 0.4) is 0 Å². The molecule has 9 heteroatoms. The summed E-state index contributed by atoms with van der Waals surface area (Å²) in [7, 11) is 0. The molecule has 0 saturated carbocycles. The lowest BCUT2D eigenvalue weighted by molar-refractivity contribution is -0.141. The fourth-order valence-corrected chi connectivity index (χ4v) is 10.7. The summed E-state index contributed by atoms with van der Waals surface area (Å²) in [4.78, 5) is 37.1. The van der Waals surface area contributed by atoms with E-state index in [-0.39, 0.29) is 23.7 Å². The number of likely N-dealkylation sites (tertiary alicyclic amines) is 2. The highest BCUT2D eigenvalue weighted by atomic mass is 16.4. The van der Waals surface area contributed by atoms with E-state index in [4.69, 9.17) is 0 Å². The molecule has 4 aliphatic rings. The molecule has 9 nitrogen and oxygen atoms in total. The first-order chi connectivity index (χ1) is 33.6. The third kappa shape index (κ3) is 13.1. The number of rotatable bonds is 10. The van der Waals surface area contributed by atoms with Crippen molar-refractivity contribution in [1.29, 1.82) is 0 Å². The Morgan fingerprint density at radius 2 is 0.899 bits per heavy atom. The van der Waals surface area contributed by atoms with Gasteiger partial charge in [0.1, 0.15) is 0 Å². The van der Waals surface area contributed by atoms with Crippen molar-refractivity contribution in [2.24, 2.45) is 11.8 Å². The zero-order valence-corrected chi connectivity index (χ0v) is 41.2. The van der Waals surface area contributed by atoms with Gasteiger partial charge in [-0.2, -0.15) is 0 Å². The quantitative estimate of drug-likeness (QED) is 0.141. The van der Waals surface area contributed by atoms with Crippen molar-refractivity contribution in [2.45, 2.75) is 52.6 Å². The van der Waals surface area contributed by atoms with Crippen LogP contribution in [0.15, 0.2) is 158 Å². The number of carbonyl (C=O) groups is 2. The molecule has 4 saturated heterocycles. The molecular formula is C60H72N6O3. The smallest absolute Gasteiger partial charge is 0.308 e. The summed E-state index contributed by atoms with van der Waals surface area (Å²) >= 11 is 0. The minimum absolute atomic E-state index is 0.0124. The van der Waals surface area contributed by atoms with Crippen LogP contribution in [-0.4, -0.2) is 110 Å². The van der Waals surface area contributed by atoms with E-state index < -0.39 is 5.97 Å². The maximum atomic E-state index is 13.8. The lowest BCUT2D eigenvalue weighted by atomic mass is 9.88. The van der Waals surface area contributed by atoms with Crippen molar-refractivity contribution in [3.8, 4) is 0 Å². The summed E-state index contributed by atoms with van der Waals surface area (Å²) < 4.78 is 0. The van der Waals surface area contributed by atoms with E-state index in [0.29, 0.717) is 12.5 Å². The van der Waals surface area contributed by atoms with Gasteiger partial charge in [-0.15, -0.1) is 0 Å². The number of amides is 1. The molecular weight excluding hydrogens is 853 g/mol. The fraction of sp³-hybridized carbons (Fsp3) is 0.367. The van der Waals surface area contributed by atoms with Crippen LogP contribution in [0.1, 0.15) is 56.3 Å². The summed E-state index contributed by atoms with van der Waals surface area (Å²) in [6, 6.07) is 54.8. The Morgan fingerprint density at radius 3 is 1.35 bits per heavy atom. The first-order valence-corrected chi connectivity index (χ1v) is 25.1. The first-order valence-electron chi connectivity index (χ1n) is 25.1. The minimum atomic E-state index is -0.695. The van der Waals surface area contributed by atoms with Crippen LogP contribution in [-0.2, 0) is 22.7 Å². The number of carboxylic acid groups (broad SMARTS) is 1. The van der Waals surface area contributed by atoms with Gasteiger partial charge in [-0.05, 0) is 84.3 Å². The van der Waals surface area contributed by atoms with Crippen LogP contribution in [0.25, 0.3) is 0 Å². The van der Waals surface area contributed by atoms with Gasteiger partial charge < -0.3 is 25.1 Å². The molecule has 0 bridgehead atoms. The van der Waals surface area contributed by atoms with Crippen LogP contribution >= 0.6 is 0 Å². The largest absolute Gasteiger partial charge is 0.481 e. The zero-order chi connectivity index (χ0) is 48.1. The molecule has 0 aliphatic carbocycles. The maximum Gasteiger partial charge on any atom is 0.308 e. The Hall–Kier alpha value is -6.26. The highest BCUT2D eigenvalue weighted by molar-refractivity contribution is 5.81. The van der Waals surface area contributed by atoms with E-state index in [9.17, 15) is 14.7 Å². The Balaban J connectivity index is 0.000000155. The Morgan fingerprint density at radius 1 is 0.493 bits per heavy atom. The zero-order valence-electron chi connectivity index (χ0n) is 41.2. The van der Waals surface area contributed by atoms with Crippen LogP contribution in [0.2, 0.25) is 0 Å². The normalized spacial score (nSPS) is 20.7. The maximum absolute atomic E-state index is 13.8. The molecule has 10 rings (SSSR count). The lowest BCUT2D eigenvalue weighted by Crippen LogP contribution is -2.51. The average Bonchev–Trinajstić information content (AvgIpc) is 4.02. The van der Waals surface area contributed by atoms with E-state index in [0.717, 1.165) is 90.6 Å². The Labute approximate surface area is 411 Å². The predicted octanol–water partition coefficient (Wildman–Crippen LogP) is 9.57. The van der Waals surface area contributed by atoms with Gasteiger partial charge in [0.05, 0.1) is 11.8 Å². The lowest BCUT2D eigenvalue weighted by Gasteiger charge is -2.38. The molecule has 4 heterocycles. The number of nitrogens with zero attached hydrogens (tertiary/aromatic N) is 5. The van der Waals surface area contributed by atoms with Crippen LogP contribution < -0.4 is 15.1 Å². The Bertz CT molecular complexity index is 2540. The average molecular weight is 925 g/mol.